The van der Waals surface area contributed by atoms with Crippen molar-refractivity contribution in [3.05, 3.63) is 68.8 Å². The first-order chi connectivity index (χ1) is 12.1. The minimum Gasteiger partial charge on any atom is -0.485 e. The Morgan fingerprint density at radius 1 is 0.760 bits per heavy atom. The number of nitrogens with zero attached hydrogens (tertiary/aromatic N) is 2. The van der Waals surface area contributed by atoms with E-state index in [0.29, 0.717) is 13.1 Å². The van der Waals surface area contributed by atoms with E-state index in [1.54, 1.807) is 24.3 Å². The van der Waals surface area contributed by atoms with Gasteiger partial charge in [-0.25, -0.2) is 0 Å². The zero-order valence-electron chi connectivity index (χ0n) is 13.3. The van der Waals surface area contributed by atoms with Crippen molar-refractivity contribution in [3.8, 4) is 11.5 Å². The van der Waals surface area contributed by atoms with Gasteiger partial charge in [0.05, 0.1) is 9.85 Å². The molecule has 0 unspecified atom stereocenters. The summed E-state index contributed by atoms with van der Waals surface area (Å²) in [6, 6.07) is 12.3. The molecule has 0 bridgehead atoms. The first-order valence-corrected chi connectivity index (χ1v) is 7.52. The Bertz CT molecular complexity index is 676. The van der Waals surface area contributed by atoms with Crippen molar-refractivity contribution in [1.82, 2.24) is 5.32 Å². The van der Waals surface area contributed by atoms with Gasteiger partial charge in [0, 0.05) is 25.2 Å². The summed E-state index contributed by atoms with van der Waals surface area (Å²) in [5.74, 6) is 0.427. The number of ether oxygens (including phenoxy) is 2. The van der Waals surface area contributed by atoms with E-state index in [9.17, 15) is 20.2 Å². The van der Waals surface area contributed by atoms with Crippen molar-refractivity contribution >= 4 is 11.4 Å². The molecule has 0 atom stereocenters. The van der Waals surface area contributed by atoms with Gasteiger partial charge < -0.3 is 14.8 Å². The largest absolute Gasteiger partial charge is 0.485 e. The Hall–Kier alpha value is -3.20. The fraction of sp³-hybridized carbons (Fsp3) is 0.250. The number of para-hydroxylation sites is 4. The molecule has 2 rings (SSSR count). The summed E-state index contributed by atoms with van der Waals surface area (Å²) in [6.45, 7) is 1.39. The van der Waals surface area contributed by atoms with E-state index in [1.165, 1.54) is 24.3 Å². The third-order valence-corrected chi connectivity index (χ3v) is 3.20. The van der Waals surface area contributed by atoms with Crippen LogP contribution in [0.4, 0.5) is 11.4 Å². The molecular weight excluding hydrogens is 330 g/mol. The van der Waals surface area contributed by atoms with Gasteiger partial charge in [0.15, 0.2) is 11.5 Å². The second-order valence-electron chi connectivity index (χ2n) is 4.90. The molecule has 0 radical (unpaired) electrons. The van der Waals surface area contributed by atoms with E-state index in [-0.39, 0.29) is 36.1 Å². The lowest BCUT2D eigenvalue weighted by molar-refractivity contribution is -0.386. The summed E-state index contributed by atoms with van der Waals surface area (Å²) in [5, 5.41) is 24.7. The minimum atomic E-state index is -0.497. The molecule has 0 spiro atoms. The molecule has 132 valence electrons. The minimum absolute atomic E-state index is 0.0813. The quantitative estimate of drug-likeness (QED) is 0.399. The smallest absolute Gasteiger partial charge is 0.310 e. The van der Waals surface area contributed by atoms with E-state index in [1.807, 2.05) is 0 Å². The molecule has 1 N–H and O–H groups in total. The molecule has 2 aromatic rings. The summed E-state index contributed by atoms with van der Waals surface area (Å²) in [6.07, 6.45) is 0. The Balaban J connectivity index is 1.68. The maximum absolute atomic E-state index is 10.9. The van der Waals surface area contributed by atoms with Crippen LogP contribution < -0.4 is 14.8 Å². The number of hydrogen-bond acceptors (Lipinski definition) is 7. The highest BCUT2D eigenvalue weighted by Gasteiger charge is 2.14. The highest BCUT2D eigenvalue weighted by Crippen LogP contribution is 2.26. The average Bonchev–Trinajstić information content (AvgIpc) is 2.61. The van der Waals surface area contributed by atoms with Crippen molar-refractivity contribution in [1.29, 1.82) is 0 Å². The van der Waals surface area contributed by atoms with Crippen molar-refractivity contribution in [2.45, 2.75) is 0 Å². The fourth-order valence-electron chi connectivity index (χ4n) is 2.05. The van der Waals surface area contributed by atoms with Crippen LogP contribution in [0.5, 0.6) is 11.5 Å². The molecule has 0 amide bonds. The predicted molar refractivity (Wildman–Crippen MR) is 90.1 cm³/mol. The molecule has 0 aliphatic carbocycles. The summed E-state index contributed by atoms with van der Waals surface area (Å²) < 4.78 is 10.8. The lowest BCUT2D eigenvalue weighted by Gasteiger charge is -2.09. The Kier molecular flexibility index (Phi) is 6.66. The van der Waals surface area contributed by atoms with Crippen molar-refractivity contribution in [2.75, 3.05) is 26.3 Å². The molecule has 25 heavy (non-hydrogen) atoms. The summed E-state index contributed by atoms with van der Waals surface area (Å²) in [7, 11) is 0. The SMILES string of the molecule is O=[N+]([O-])c1ccccc1OCCNCCOc1ccccc1[N+](=O)[O-]. The Morgan fingerprint density at radius 2 is 1.16 bits per heavy atom. The molecule has 0 fully saturated rings. The van der Waals surface area contributed by atoms with Crippen LogP contribution in [0.3, 0.4) is 0 Å². The van der Waals surface area contributed by atoms with Gasteiger partial charge in [-0.15, -0.1) is 0 Å². The second-order valence-corrected chi connectivity index (χ2v) is 4.90. The number of rotatable bonds is 10. The summed E-state index contributed by atoms with van der Waals surface area (Å²) in [5.41, 5.74) is -0.163. The van der Waals surface area contributed by atoms with Crippen LogP contribution in [0.25, 0.3) is 0 Å². The van der Waals surface area contributed by atoms with Gasteiger partial charge in [-0.3, -0.25) is 20.2 Å². The maximum Gasteiger partial charge on any atom is 0.310 e. The second kappa shape index (κ2) is 9.18. The number of benzene rings is 2. The normalized spacial score (nSPS) is 10.2. The van der Waals surface area contributed by atoms with Gasteiger partial charge >= 0.3 is 11.4 Å². The molecule has 0 saturated heterocycles. The van der Waals surface area contributed by atoms with Gasteiger partial charge in [0.25, 0.3) is 0 Å². The lowest BCUT2D eigenvalue weighted by Crippen LogP contribution is -2.26. The molecule has 0 aromatic heterocycles. The highest BCUT2D eigenvalue weighted by atomic mass is 16.6. The van der Waals surface area contributed by atoms with Crippen LogP contribution in [-0.4, -0.2) is 36.1 Å². The number of nitrogens with one attached hydrogen (secondary N) is 1. The van der Waals surface area contributed by atoms with E-state index >= 15 is 0 Å². The Morgan fingerprint density at radius 3 is 1.56 bits per heavy atom. The molecule has 9 nitrogen and oxygen atoms in total. The lowest BCUT2D eigenvalue weighted by atomic mass is 10.3. The molecule has 2 aromatic carbocycles. The van der Waals surface area contributed by atoms with E-state index in [0.717, 1.165) is 0 Å². The molecule has 9 heteroatoms. The Labute approximate surface area is 143 Å². The zero-order chi connectivity index (χ0) is 18.1. The first-order valence-electron chi connectivity index (χ1n) is 7.52. The molecule has 0 saturated carbocycles. The molecule has 0 aliphatic rings. The average molecular weight is 347 g/mol. The maximum atomic E-state index is 10.9. The summed E-state index contributed by atoms with van der Waals surface area (Å²) in [4.78, 5) is 20.7. The number of hydrogen-bond donors (Lipinski definition) is 1. The van der Waals surface area contributed by atoms with Crippen LogP contribution >= 0.6 is 0 Å². The van der Waals surface area contributed by atoms with Crippen LogP contribution in [0.15, 0.2) is 48.5 Å². The third-order valence-electron chi connectivity index (χ3n) is 3.20. The van der Waals surface area contributed by atoms with Gasteiger partial charge in [0.1, 0.15) is 13.2 Å². The van der Waals surface area contributed by atoms with Gasteiger partial charge in [0.2, 0.25) is 0 Å². The van der Waals surface area contributed by atoms with E-state index in [4.69, 9.17) is 9.47 Å². The van der Waals surface area contributed by atoms with Crippen LogP contribution in [0.1, 0.15) is 0 Å². The van der Waals surface area contributed by atoms with Gasteiger partial charge in [-0.05, 0) is 12.1 Å². The molecule has 0 aliphatic heterocycles. The van der Waals surface area contributed by atoms with Crippen LogP contribution in [-0.2, 0) is 0 Å². The van der Waals surface area contributed by atoms with Crippen LogP contribution in [0.2, 0.25) is 0 Å². The zero-order valence-corrected chi connectivity index (χ0v) is 13.3. The monoisotopic (exact) mass is 347 g/mol. The topological polar surface area (TPSA) is 117 Å². The van der Waals surface area contributed by atoms with E-state index in [2.05, 4.69) is 5.32 Å². The van der Waals surface area contributed by atoms with Crippen LogP contribution in [0, 0.1) is 20.2 Å². The number of nitro benzene ring substituents is 2. The highest BCUT2D eigenvalue weighted by molar-refractivity contribution is 5.46. The van der Waals surface area contributed by atoms with Gasteiger partial charge in [-0.2, -0.15) is 0 Å². The summed E-state index contributed by atoms with van der Waals surface area (Å²) >= 11 is 0. The van der Waals surface area contributed by atoms with Crippen molar-refractivity contribution < 1.29 is 19.3 Å². The van der Waals surface area contributed by atoms with E-state index < -0.39 is 9.85 Å². The van der Waals surface area contributed by atoms with Gasteiger partial charge in [-0.1, -0.05) is 24.3 Å². The first kappa shape index (κ1) is 18.1. The predicted octanol–water partition coefficient (Wildman–Crippen LogP) is 2.55. The third kappa shape index (κ3) is 5.43. The number of nitro groups is 2. The fourth-order valence-corrected chi connectivity index (χ4v) is 2.05. The molecular formula is C16H17N3O6. The van der Waals surface area contributed by atoms with Crippen molar-refractivity contribution in [2.24, 2.45) is 0 Å². The van der Waals surface area contributed by atoms with Crippen molar-refractivity contribution in [3.63, 3.8) is 0 Å². The molecule has 0 heterocycles. The standard InChI is InChI=1S/C16H17N3O6/c20-18(21)13-5-1-3-7-15(13)24-11-9-17-10-12-25-16-8-4-2-6-14(16)19(22)23/h1-8,17H,9-12H2.